The lowest BCUT2D eigenvalue weighted by atomic mass is 10.1. The highest BCUT2D eigenvalue weighted by Crippen LogP contribution is 2.19. The predicted molar refractivity (Wildman–Crippen MR) is 69.9 cm³/mol. The van der Waals surface area contributed by atoms with Gasteiger partial charge in [-0.2, -0.15) is 0 Å². The van der Waals surface area contributed by atoms with E-state index in [1.54, 1.807) is 6.20 Å². The van der Waals surface area contributed by atoms with E-state index in [1.807, 2.05) is 0 Å². The molecular formula is C12H15N3S. The van der Waals surface area contributed by atoms with Crippen LogP contribution < -0.4 is 11.1 Å². The predicted octanol–water partition coefficient (Wildman–Crippen LogP) is 2.69. The molecule has 0 bridgehead atoms. The van der Waals surface area contributed by atoms with Crippen LogP contribution in [0.4, 0.5) is 10.1 Å². The van der Waals surface area contributed by atoms with Crippen LogP contribution in [0, 0.1) is 6.92 Å². The number of hydrogen-bond donors (Lipinski definition) is 2. The monoisotopic (exact) mass is 233 g/mol. The number of aryl methyl sites for hydroxylation is 1. The zero-order chi connectivity index (χ0) is 11.4. The van der Waals surface area contributed by atoms with Crippen molar-refractivity contribution in [3.8, 4) is 0 Å². The Morgan fingerprint density at radius 3 is 3.00 bits per heavy atom. The average Bonchev–Trinajstić information content (AvgIpc) is 2.64. The number of nitrogen functional groups attached to an aromatic ring is 1. The second-order valence-corrected chi connectivity index (χ2v) is 4.80. The molecule has 0 saturated carbocycles. The quantitative estimate of drug-likeness (QED) is 0.853. The summed E-state index contributed by atoms with van der Waals surface area (Å²) < 4.78 is 0. The summed E-state index contributed by atoms with van der Waals surface area (Å²) in [7, 11) is 0. The summed E-state index contributed by atoms with van der Waals surface area (Å²) in [5.41, 5.74) is 8.24. The lowest BCUT2D eigenvalue weighted by Gasteiger charge is -2.03. The molecule has 0 aliphatic carbocycles. The van der Waals surface area contributed by atoms with Gasteiger partial charge in [-0.1, -0.05) is 41.2 Å². The third-order valence-electron chi connectivity index (χ3n) is 2.30. The lowest BCUT2D eigenvalue weighted by Crippen LogP contribution is -2.04. The lowest BCUT2D eigenvalue weighted by molar-refractivity contribution is 1.01. The number of nitrogens with two attached hydrogens (primary N) is 1. The van der Waals surface area contributed by atoms with Crippen molar-refractivity contribution < 1.29 is 0 Å². The number of aromatic nitrogens is 1. The van der Waals surface area contributed by atoms with E-state index in [4.69, 9.17) is 5.73 Å². The Kier molecular flexibility index (Phi) is 3.41. The number of anilines is 2. The first-order valence-corrected chi connectivity index (χ1v) is 6.06. The Morgan fingerprint density at radius 2 is 2.31 bits per heavy atom. The summed E-state index contributed by atoms with van der Waals surface area (Å²) in [5.74, 6) is 0. The summed E-state index contributed by atoms with van der Waals surface area (Å²) in [4.78, 5) is 4.15. The zero-order valence-corrected chi connectivity index (χ0v) is 10.1. The van der Waals surface area contributed by atoms with Crippen LogP contribution in [0.15, 0.2) is 30.5 Å². The van der Waals surface area contributed by atoms with E-state index in [0.29, 0.717) is 0 Å². The molecule has 0 aliphatic heterocycles. The molecule has 0 fully saturated rings. The van der Waals surface area contributed by atoms with Crippen LogP contribution in [-0.4, -0.2) is 11.5 Å². The first-order valence-electron chi connectivity index (χ1n) is 5.25. The standard InChI is InChI=1S/C12H15N3S/c1-9-3-2-4-10(7-9)5-6-14-12-15-8-11(13)16-12/h2-4,7-8H,5-6,13H2,1H3,(H,14,15). The Balaban J connectivity index is 1.84. The van der Waals surface area contributed by atoms with Crippen LogP contribution in [-0.2, 0) is 6.42 Å². The molecule has 0 amide bonds. The van der Waals surface area contributed by atoms with Crippen molar-refractivity contribution in [3.63, 3.8) is 0 Å². The minimum Gasteiger partial charge on any atom is -0.389 e. The van der Waals surface area contributed by atoms with E-state index in [9.17, 15) is 0 Å². The van der Waals surface area contributed by atoms with Gasteiger partial charge in [0.05, 0.1) is 6.20 Å². The molecule has 3 N–H and O–H groups in total. The molecule has 3 nitrogen and oxygen atoms in total. The molecule has 0 saturated heterocycles. The van der Waals surface area contributed by atoms with E-state index in [0.717, 1.165) is 23.1 Å². The molecule has 4 heteroatoms. The molecule has 0 aliphatic rings. The molecule has 16 heavy (non-hydrogen) atoms. The van der Waals surface area contributed by atoms with Crippen LogP contribution in [0.5, 0.6) is 0 Å². The summed E-state index contributed by atoms with van der Waals surface area (Å²) in [6, 6.07) is 8.55. The second kappa shape index (κ2) is 4.99. The van der Waals surface area contributed by atoms with Gasteiger partial charge in [-0.05, 0) is 18.9 Å². The van der Waals surface area contributed by atoms with Crippen molar-refractivity contribution in [2.45, 2.75) is 13.3 Å². The van der Waals surface area contributed by atoms with Crippen molar-refractivity contribution in [2.24, 2.45) is 0 Å². The van der Waals surface area contributed by atoms with Gasteiger partial charge < -0.3 is 11.1 Å². The average molecular weight is 233 g/mol. The molecule has 1 aromatic heterocycles. The van der Waals surface area contributed by atoms with Crippen molar-refractivity contribution in [2.75, 3.05) is 17.6 Å². The summed E-state index contributed by atoms with van der Waals surface area (Å²) >= 11 is 1.48. The van der Waals surface area contributed by atoms with Crippen LogP contribution in [0.1, 0.15) is 11.1 Å². The Hall–Kier alpha value is -1.55. The minimum atomic E-state index is 0.748. The number of nitrogens with one attached hydrogen (secondary N) is 1. The van der Waals surface area contributed by atoms with Crippen molar-refractivity contribution in [3.05, 3.63) is 41.6 Å². The molecule has 0 spiro atoms. The molecule has 0 atom stereocenters. The summed E-state index contributed by atoms with van der Waals surface area (Å²) in [6.45, 7) is 2.99. The molecule has 2 rings (SSSR count). The fraction of sp³-hybridized carbons (Fsp3) is 0.250. The molecule has 1 aromatic carbocycles. The highest BCUT2D eigenvalue weighted by molar-refractivity contribution is 7.19. The molecule has 2 aromatic rings. The number of thiazole rings is 1. The Bertz CT molecular complexity index is 465. The second-order valence-electron chi connectivity index (χ2n) is 3.73. The first-order chi connectivity index (χ1) is 7.74. The highest BCUT2D eigenvalue weighted by Gasteiger charge is 1.98. The molecule has 1 heterocycles. The number of hydrogen-bond acceptors (Lipinski definition) is 4. The third-order valence-corrected chi connectivity index (χ3v) is 3.08. The molecular weight excluding hydrogens is 218 g/mol. The number of rotatable bonds is 4. The van der Waals surface area contributed by atoms with E-state index in [2.05, 4.69) is 41.5 Å². The van der Waals surface area contributed by atoms with Crippen LogP contribution >= 0.6 is 11.3 Å². The third kappa shape index (κ3) is 2.97. The zero-order valence-electron chi connectivity index (χ0n) is 9.23. The van der Waals surface area contributed by atoms with Gasteiger partial charge in [-0.25, -0.2) is 4.98 Å². The van der Waals surface area contributed by atoms with Crippen LogP contribution in [0.2, 0.25) is 0 Å². The number of nitrogens with zero attached hydrogens (tertiary/aromatic N) is 1. The molecule has 0 unspecified atom stereocenters. The van der Waals surface area contributed by atoms with E-state index >= 15 is 0 Å². The summed E-state index contributed by atoms with van der Waals surface area (Å²) in [5, 5.41) is 4.90. The van der Waals surface area contributed by atoms with E-state index in [1.165, 1.54) is 22.5 Å². The normalized spacial score (nSPS) is 10.3. The van der Waals surface area contributed by atoms with Crippen molar-refractivity contribution >= 4 is 21.5 Å². The maximum absolute atomic E-state index is 5.60. The smallest absolute Gasteiger partial charge is 0.184 e. The molecule has 84 valence electrons. The molecule has 0 radical (unpaired) electrons. The minimum absolute atomic E-state index is 0.748. The van der Waals surface area contributed by atoms with Gasteiger partial charge in [0, 0.05) is 6.54 Å². The maximum atomic E-state index is 5.60. The van der Waals surface area contributed by atoms with Crippen LogP contribution in [0.25, 0.3) is 0 Å². The van der Waals surface area contributed by atoms with Gasteiger partial charge in [-0.15, -0.1) is 0 Å². The fourth-order valence-electron chi connectivity index (χ4n) is 1.55. The summed E-state index contributed by atoms with van der Waals surface area (Å²) in [6.07, 6.45) is 2.68. The van der Waals surface area contributed by atoms with E-state index in [-0.39, 0.29) is 0 Å². The fourth-order valence-corrected chi connectivity index (χ4v) is 2.16. The van der Waals surface area contributed by atoms with Gasteiger partial charge in [0.2, 0.25) is 0 Å². The number of benzene rings is 1. The van der Waals surface area contributed by atoms with Gasteiger partial charge >= 0.3 is 0 Å². The topological polar surface area (TPSA) is 50.9 Å². The van der Waals surface area contributed by atoms with Gasteiger partial charge in [0.1, 0.15) is 5.00 Å². The first kappa shape index (κ1) is 11.0. The largest absolute Gasteiger partial charge is 0.389 e. The van der Waals surface area contributed by atoms with Crippen LogP contribution in [0.3, 0.4) is 0 Å². The highest BCUT2D eigenvalue weighted by atomic mass is 32.1. The maximum Gasteiger partial charge on any atom is 0.184 e. The van der Waals surface area contributed by atoms with Crippen molar-refractivity contribution in [1.29, 1.82) is 0 Å². The van der Waals surface area contributed by atoms with Gasteiger partial charge in [-0.3, -0.25) is 0 Å². The van der Waals surface area contributed by atoms with Gasteiger partial charge in [0.15, 0.2) is 5.13 Å². The van der Waals surface area contributed by atoms with Crippen molar-refractivity contribution in [1.82, 2.24) is 4.98 Å². The Labute approximate surface area is 99.3 Å². The Morgan fingerprint density at radius 1 is 1.44 bits per heavy atom. The SMILES string of the molecule is Cc1cccc(CCNc2ncc(N)s2)c1. The van der Waals surface area contributed by atoms with Gasteiger partial charge in [0.25, 0.3) is 0 Å². The van der Waals surface area contributed by atoms with E-state index < -0.39 is 0 Å².